The third-order valence-electron chi connectivity index (χ3n) is 3.87. The van der Waals surface area contributed by atoms with Crippen LogP contribution in [0.15, 0.2) is 0 Å². The summed E-state index contributed by atoms with van der Waals surface area (Å²) in [5.41, 5.74) is 0.879. The summed E-state index contributed by atoms with van der Waals surface area (Å²) in [7, 11) is 0. The van der Waals surface area contributed by atoms with Gasteiger partial charge in [0.25, 0.3) is 0 Å². The second-order valence-corrected chi connectivity index (χ2v) is 5.70. The van der Waals surface area contributed by atoms with Crippen molar-refractivity contribution in [2.24, 2.45) is 5.41 Å². The second-order valence-electron chi connectivity index (χ2n) is 5.70. The molecule has 2 nitrogen and oxygen atoms in total. The summed E-state index contributed by atoms with van der Waals surface area (Å²) in [6.45, 7) is 9.46. The van der Waals surface area contributed by atoms with Crippen LogP contribution in [0.4, 0.5) is 0 Å². The molecule has 0 aliphatic carbocycles. The normalized spacial score (nSPS) is 44.1. The number of hydrogen-bond acceptors (Lipinski definition) is 2. The van der Waals surface area contributed by atoms with Crippen molar-refractivity contribution in [3.8, 4) is 0 Å². The standard InChI is InChI=1S/C11H22N2/c1-10(2)5-4-9(13-10)11(3)6-7-12-8-11/h9,12-13H,4-8H2,1-3H3. The molecule has 0 aromatic heterocycles. The summed E-state index contributed by atoms with van der Waals surface area (Å²) in [5.74, 6) is 0. The van der Waals surface area contributed by atoms with Crippen molar-refractivity contribution >= 4 is 0 Å². The minimum absolute atomic E-state index is 0.371. The third kappa shape index (κ3) is 1.75. The van der Waals surface area contributed by atoms with Crippen LogP contribution in [0.5, 0.6) is 0 Å². The molecular formula is C11H22N2. The van der Waals surface area contributed by atoms with Crippen LogP contribution in [-0.2, 0) is 0 Å². The van der Waals surface area contributed by atoms with E-state index in [4.69, 9.17) is 0 Å². The van der Waals surface area contributed by atoms with Gasteiger partial charge in [-0.3, -0.25) is 0 Å². The quantitative estimate of drug-likeness (QED) is 0.642. The average molecular weight is 182 g/mol. The van der Waals surface area contributed by atoms with Crippen LogP contribution in [0.25, 0.3) is 0 Å². The van der Waals surface area contributed by atoms with Crippen LogP contribution in [0.1, 0.15) is 40.0 Å². The molecule has 2 aliphatic heterocycles. The van der Waals surface area contributed by atoms with E-state index in [0.29, 0.717) is 11.0 Å². The van der Waals surface area contributed by atoms with Crippen molar-refractivity contribution < 1.29 is 0 Å². The third-order valence-corrected chi connectivity index (χ3v) is 3.87. The monoisotopic (exact) mass is 182 g/mol. The predicted molar refractivity (Wildman–Crippen MR) is 55.8 cm³/mol. The molecule has 2 unspecified atom stereocenters. The van der Waals surface area contributed by atoms with E-state index >= 15 is 0 Å². The van der Waals surface area contributed by atoms with E-state index < -0.39 is 0 Å². The lowest BCUT2D eigenvalue weighted by atomic mass is 9.81. The summed E-state index contributed by atoms with van der Waals surface area (Å²) in [6, 6.07) is 0.734. The lowest BCUT2D eigenvalue weighted by molar-refractivity contribution is 0.243. The van der Waals surface area contributed by atoms with Crippen LogP contribution in [-0.4, -0.2) is 24.7 Å². The lowest BCUT2D eigenvalue weighted by Gasteiger charge is -2.32. The van der Waals surface area contributed by atoms with Crippen molar-refractivity contribution in [1.82, 2.24) is 10.6 Å². The van der Waals surface area contributed by atoms with E-state index in [9.17, 15) is 0 Å². The molecule has 2 heterocycles. The maximum absolute atomic E-state index is 3.77. The smallest absolute Gasteiger partial charge is 0.0139 e. The maximum atomic E-state index is 3.77. The first kappa shape index (κ1) is 9.47. The fraction of sp³-hybridized carbons (Fsp3) is 1.00. The Kier molecular flexibility index (Phi) is 2.16. The van der Waals surface area contributed by atoms with E-state index in [0.717, 1.165) is 6.04 Å². The Morgan fingerprint density at radius 1 is 1.15 bits per heavy atom. The van der Waals surface area contributed by atoms with E-state index in [2.05, 4.69) is 31.4 Å². The van der Waals surface area contributed by atoms with Crippen molar-refractivity contribution in [2.45, 2.75) is 51.6 Å². The van der Waals surface area contributed by atoms with Gasteiger partial charge in [-0.05, 0) is 45.1 Å². The fourth-order valence-electron chi connectivity index (χ4n) is 2.78. The molecule has 2 rings (SSSR count). The SMILES string of the molecule is CC1(C)CCC(C2(C)CCNC2)N1. The van der Waals surface area contributed by atoms with Crippen LogP contribution < -0.4 is 10.6 Å². The van der Waals surface area contributed by atoms with Gasteiger partial charge in [0.1, 0.15) is 0 Å². The first-order chi connectivity index (χ1) is 6.02. The van der Waals surface area contributed by atoms with Gasteiger partial charge in [-0.25, -0.2) is 0 Å². The Bertz CT molecular complexity index is 192. The minimum atomic E-state index is 0.371. The van der Waals surface area contributed by atoms with Crippen molar-refractivity contribution in [3.63, 3.8) is 0 Å². The molecule has 0 aromatic carbocycles. The Balaban J connectivity index is 2.02. The van der Waals surface area contributed by atoms with Gasteiger partial charge in [0.2, 0.25) is 0 Å². The average Bonchev–Trinajstić information content (AvgIpc) is 2.58. The van der Waals surface area contributed by atoms with Gasteiger partial charge in [-0.2, -0.15) is 0 Å². The van der Waals surface area contributed by atoms with E-state index in [1.807, 2.05) is 0 Å². The fourth-order valence-corrected chi connectivity index (χ4v) is 2.78. The van der Waals surface area contributed by atoms with Gasteiger partial charge < -0.3 is 10.6 Å². The molecule has 0 radical (unpaired) electrons. The largest absolute Gasteiger partial charge is 0.316 e. The van der Waals surface area contributed by atoms with Crippen LogP contribution in [0.3, 0.4) is 0 Å². The summed E-state index contributed by atoms with van der Waals surface area (Å²) < 4.78 is 0. The predicted octanol–water partition coefficient (Wildman–Crippen LogP) is 1.52. The van der Waals surface area contributed by atoms with Crippen LogP contribution >= 0.6 is 0 Å². The molecule has 2 fully saturated rings. The first-order valence-corrected chi connectivity index (χ1v) is 5.50. The molecule has 0 amide bonds. The van der Waals surface area contributed by atoms with Crippen molar-refractivity contribution in [3.05, 3.63) is 0 Å². The van der Waals surface area contributed by atoms with Gasteiger partial charge in [0.05, 0.1) is 0 Å². The molecule has 0 bridgehead atoms. The molecule has 0 spiro atoms. The van der Waals surface area contributed by atoms with Crippen LogP contribution in [0, 0.1) is 5.41 Å². The van der Waals surface area contributed by atoms with Crippen molar-refractivity contribution in [1.29, 1.82) is 0 Å². The number of rotatable bonds is 1. The molecule has 2 aliphatic rings. The zero-order valence-electron chi connectivity index (χ0n) is 9.11. The summed E-state index contributed by atoms with van der Waals surface area (Å²) in [5, 5.41) is 7.25. The minimum Gasteiger partial charge on any atom is -0.316 e. The number of hydrogen-bond donors (Lipinski definition) is 2. The topological polar surface area (TPSA) is 24.1 Å². The molecule has 2 heteroatoms. The molecule has 2 saturated heterocycles. The highest BCUT2D eigenvalue weighted by Crippen LogP contribution is 2.37. The number of nitrogens with one attached hydrogen (secondary N) is 2. The Morgan fingerprint density at radius 2 is 1.92 bits per heavy atom. The first-order valence-electron chi connectivity index (χ1n) is 5.50. The summed E-state index contributed by atoms with van der Waals surface area (Å²) in [6.07, 6.45) is 4.01. The van der Waals surface area contributed by atoms with Gasteiger partial charge in [0.15, 0.2) is 0 Å². The van der Waals surface area contributed by atoms with Gasteiger partial charge in [-0.1, -0.05) is 6.92 Å². The van der Waals surface area contributed by atoms with E-state index in [1.165, 1.54) is 32.4 Å². The molecule has 2 N–H and O–H groups in total. The van der Waals surface area contributed by atoms with Gasteiger partial charge in [0, 0.05) is 18.1 Å². The maximum Gasteiger partial charge on any atom is 0.0139 e. The molecule has 0 saturated carbocycles. The van der Waals surface area contributed by atoms with E-state index in [1.54, 1.807) is 0 Å². The molecule has 0 aromatic rings. The molecule has 76 valence electrons. The Morgan fingerprint density at radius 3 is 2.38 bits per heavy atom. The van der Waals surface area contributed by atoms with Crippen molar-refractivity contribution in [2.75, 3.05) is 13.1 Å². The zero-order valence-corrected chi connectivity index (χ0v) is 9.11. The van der Waals surface area contributed by atoms with Gasteiger partial charge in [-0.15, -0.1) is 0 Å². The summed E-state index contributed by atoms with van der Waals surface area (Å²) >= 11 is 0. The Hall–Kier alpha value is -0.0800. The zero-order chi connectivity index (χ0) is 9.53. The lowest BCUT2D eigenvalue weighted by Crippen LogP contribution is -2.46. The Labute approximate surface area is 81.5 Å². The highest BCUT2D eigenvalue weighted by Gasteiger charge is 2.42. The second kappa shape index (κ2) is 2.96. The van der Waals surface area contributed by atoms with E-state index in [-0.39, 0.29) is 0 Å². The highest BCUT2D eigenvalue weighted by atomic mass is 15.1. The summed E-state index contributed by atoms with van der Waals surface area (Å²) in [4.78, 5) is 0. The molecule has 2 atom stereocenters. The van der Waals surface area contributed by atoms with Crippen LogP contribution in [0.2, 0.25) is 0 Å². The highest BCUT2D eigenvalue weighted by molar-refractivity contribution is 5.01. The van der Waals surface area contributed by atoms with Gasteiger partial charge >= 0.3 is 0 Å². The molecular weight excluding hydrogens is 160 g/mol. The molecule has 13 heavy (non-hydrogen) atoms.